The van der Waals surface area contributed by atoms with Gasteiger partial charge in [-0.2, -0.15) is 0 Å². The van der Waals surface area contributed by atoms with Crippen molar-refractivity contribution in [1.29, 1.82) is 0 Å². The van der Waals surface area contributed by atoms with Gasteiger partial charge in [-0.3, -0.25) is 9.59 Å². The lowest BCUT2D eigenvalue weighted by Crippen LogP contribution is -2.49. The summed E-state index contributed by atoms with van der Waals surface area (Å²) in [5.74, 6) is -0.334. The Labute approximate surface area is 143 Å². The molecule has 0 aliphatic carbocycles. The third-order valence-corrected chi connectivity index (χ3v) is 4.77. The van der Waals surface area contributed by atoms with Crippen LogP contribution in [0.25, 0.3) is 0 Å². The second kappa shape index (κ2) is 8.81. The highest BCUT2D eigenvalue weighted by atomic mass is 19.1. The molecule has 1 unspecified atom stereocenters. The summed E-state index contributed by atoms with van der Waals surface area (Å²) in [5, 5.41) is 0. The molecule has 1 aromatic carbocycles. The Morgan fingerprint density at radius 2 is 1.96 bits per heavy atom. The molecule has 0 bridgehead atoms. The minimum Gasteiger partial charge on any atom is -0.338 e. The topological polar surface area (TPSA) is 40.6 Å². The molecule has 1 aromatic rings. The van der Waals surface area contributed by atoms with Crippen molar-refractivity contribution in [3.8, 4) is 0 Å². The maximum absolute atomic E-state index is 12.9. The van der Waals surface area contributed by atoms with Crippen LogP contribution in [0.5, 0.6) is 0 Å². The molecule has 0 N–H and O–H groups in total. The number of hydrogen-bond donors (Lipinski definition) is 0. The summed E-state index contributed by atoms with van der Waals surface area (Å²) in [5.41, 5.74) is 0.958. The van der Waals surface area contributed by atoms with E-state index in [1.807, 2.05) is 4.90 Å². The summed E-state index contributed by atoms with van der Waals surface area (Å²) < 4.78 is 12.9. The second-order valence-electron chi connectivity index (χ2n) is 6.46. The van der Waals surface area contributed by atoms with Crippen molar-refractivity contribution >= 4 is 11.8 Å². The van der Waals surface area contributed by atoms with E-state index in [0.717, 1.165) is 31.4 Å². The second-order valence-corrected chi connectivity index (χ2v) is 6.46. The molecule has 5 heteroatoms. The molecular formula is C19H27FN2O2. The van der Waals surface area contributed by atoms with Crippen molar-refractivity contribution in [3.05, 3.63) is 35.6 Å². The first kappa shape index (κ1) is 18.4. The zero-order valence-corrected chi connectivity index (χ0v) is 14.6. The van der Waals surface area contributed by atoms with E-state index >= 15 is 0 Å². The fraction of sp³-hybridized carbons (Fsp3) is 0.579. The van der Waals surface area contributed by atoms with Gasteiger partial charge >= 0.3 is 0 Å². The quantitative estimate of drug-likeness (QED) is 0.802. The Bertz CT molecular complexity index is 559. The SMILES string of the molecule is CCC1CCCCN1C(=O)CN(CCc1ccc(F)cc1)C(C)=O. The average molecular weight is 334 g/mol. The molecule has 1 fully saturated rings. The lowest BCUT2D eigenvalue weighted by molar-refractivity contribution is -0.141. The Morgan fingerprint density at radius 3 is 2.58 bits per heavy atom. The first-order valence-corrected chi connectivity index (χ1v) is 8.80. The number of benzene rings is 1. The number of carbonyl (C=O) groups excluding carboxylic acids is 2. The van der Waals surface area contributed by atoms with E-state index in [9.17, 15) is 14.0 Å². The lowest BCUT2D eigenvalue weighted by Gasteiger charge is -2.36. The number of hydrogen-bond acceptors (Lipinski definition) is 2. The fourth-order valence-electron chi connectivity index (χ4n) is 3.27. The highest BCUT2D eigenvalue weighted by Gasteiger charge is 2.26. The van der Waals surface area contributed by atoms with Gasteiger partial charge in [-0.05, 0) is 49.8 Å². The normalized spacial score (nSPS) is 17.6. The van der Waals surface area contributed by atoms with Gasteiger partial charge in [0.1, 0.15) is 5.82 Å². The number of carbonyl (C=O) groups is 2. The van der Waals surface area contributed by atoms with Crippen molar-refractivity contribution in [3.63, 3.8) is 0 Å². The maximum Gasteiger partial charge on any atom is 0.242 e. The van der Waals surface area contributed by atoms with E-state index in [1.54, 1.807) is 17.0 Å². The van der Waals surface area contributed by atoms with Crippen molar-refractivity contribution in [2.24, 2.45) is 0 Å². The zero-order valence-electron chi connectivity index (χ0n) is 14.6. The molecule has 1 heterocycles. The summed E-state index contributed by atoms with van der Waals surface area (Å²) in [6.07, 6.45) is 4.84. The largest absolute Gasteiger partial charge is 0.338 e. The smallest absolute Gasteiger partial charge is 0.242 e. The van der Waals surface area contributed by atoms with Gasteiger partial charge in [-0.15, -0.1) is 0 Å². The third-order valence-electron chi connectivity index (χ3n) is 4.77. The minimum absolute atomic E-state index is 0.0378. The number of likely N-dealkylation sites (tertiary alicyclic amines) is 1. The van der Waals surface area contributed by atoms with Crippen LogP contribution in [0.3, 0.4) is 0 Å². The maximum atomic E-state index is 12.9. The number of halogens is 1. The predicted octanol–water partition coefficient (Wildman–Crippen LogP) is 3.01. The first-order chi connectivity index (χ1) is 11.5. The van der Waals surface area contributed by atoms with E-state index in [2.05, 4.69) is 6.92 Å². The Hall–Kier alpha value is -1.91. The average Bonchev–Trinajstić information content (AvgIpc) is 2.59. The molecule has 132 valence electrons. The van der Waals surface area contributed by atoms with E-state index in [-0.39, 0.29) is 24.2 Å². The van der Waals surface area contributed by atoms with Crippen LogP contribution in [-0.4, -0.2) is 47.3 Å². The van der Waals surface area contributed by atoms with E-state index in [4.69, 9.17) is 0 Å². The van der Waals surface area contributed by atoms with Crippen molar-refractivity contribution in [2.75, 3.05) is 19.6 Å². The van der Waals surface area contributed by atoms with Gasteiger partial charge in [-0.25, -0.2) is 4.39 Å². The standard InChI is InChI=1S/C19H27FN2O2/c1-3-18-6-4-5-12-22(18)19(24)14-21(15(2)23)13-11-16-7-9-17(20)10-8-16/h7-10,18H,3-6,11-14H2,1-2H3. The number of rotatable bonds is 6. The van der Waals surface area contributed by atoms with Gasteiger partial charge in [0, 0.05) is 26.1 Å². The molecule has 1 saturated heterocycles. The first-order valence-electron chi connectivity index (χ1n) is 8.80. The van der Waals surface area contributed by atoms with Crippen LogP contribution in [0.4, 0.5) is 4.39 Å². The van der Waals surface area contributed by atoms with Gasteiger partial charge < -0.3 is 9.80 Å². The van der Waals surface area contributed by atoms with Gasteiger partial charge in [0.2, 0.25) is 11.8 Å². The van der Waals surface area contributed by atoms with Crippen LogP contribution in [0.2, 0.25) is 0 Å². The van der Waals surface area contributed by atoms with Crippen LogP contribution in [0.15, 0.2) is 24.3 Å². The van der Waals surface area contributed by atoms with E-state index < -0.39 is 0 Å². The predicted molar refractivity (Wildman–Crippen MR) is 92.0 cm³/mol. The molecule has 2 rings (SSSR count). The summed E-state index contributed by atoms with van der Waals surface area (Å²) in [6, 6.07) is 6.56. The van der Waals surface area contributed by atoms with Crippen LogP contribution < -0.4 is 0 Å². The monoisotopic (exact) mass is 334 g/mol. The highest BCUT2D eigenvalue weighted by molar-refractivity contribution is 5.84. The fourth-order valence-corrected chi connectivity index (χ4v) is 3.27. The van der Waals surface area contributed by atoms with Crippen molar-refractivity contribution < 1.29 is 14.0 Å². The van der Waals surface area contributed by atoms with Gasteiger partial charge in [0.25, 0.3) is 0 Å². The summed E-state index contributed by atoms with van der Waals surface area (Å²) in [7, 11) is 0. The van der Waals surface area contributed by atoms with Gasteiger partial charge in [-0.1, -0.05) is 19.1 Å². The van der Waals surface area contributed by atoms with Gasteiger partial charge in [0.05, 0.1) is 6.54 Å². The van der Waals surface area contributed by atoms with Crippen LogP contribution >= 0.6 is 0 Å². The molecule has 2 amide bonds. The van der Waals surface area contributed by atoms with Crippen LogP contribution in [0, 0.1) is 5.82 Å². The number of piperidine rings is 1. The molecule has 1 aliphatic heterocycles. The summed E-state index contributed by atoms with van der Waals surface area (Å²) in [6.45, 7) is 4.99. The van der Waals surface area contributed by atoms with Crippen molar-refractivity contribution in [1.82, 2.24) is 9.80 Å². The van der Waals surface area contributed by atoms with E-state index in [1.165, 1.54) is 25.5 Å². The Kier molecular flexibility index (Phi) is 6.76. The highest BCUT2D eigenvalue weighted by Crippen LogP contribution is 2.19. The molecule has 1 atom stereocenters. The molecule has 1 aliphatic rings. The molecule has 4 nitrogen and oxygen atoms in total. The number of nitrogens with zero attached hydrogens (tertiary/aromatic N) is 2. The molecule has 0 spiro atoms. The van der Waals surface area contributed by atoms with Crippen LogP contribution in [0.1, 0.15) is 45.1 Å². The summed E-state index contributed by atoms with van der Waals surface area (Å²) in [4.78, 5) is 28.0. The molecule has 0 aromatic heterocycles. The van der Waals surface area contributed by atoms with E-state index in [0.29, 0.717) is 19.0 Å². The molecule has 0 saturated carbocycles. The molecular weight excluding hydrogens is 307 g/mol. The van der Waals surface area contributed by atoms with Crippen LogP contribution in [-0.2, 0) is 16.0 Å². The Balaban J connectivity index is 1.93. The minimum atomic E-state index is -0.270. The Morgan fingerprint density at radius 1 is 1.25 bits per heavy atom. The molecule has 24 heavy (non-hydrogen) atoms. The van der Waals surface area contributed by atoms with Gasteiger partial charge in [0.15, 0.2) is 0 Å². The summed E-state index contributed by atoms with van der Waals surface area (Å²) >= 11 is 0. The third kappa shape index (κ3) is 5.05. The number of amides is 2. The van der Waals surface area contributed by atoms with Crippen molar-refractivity contribution in [2.45, 2.75) is 52.0 Å². The zero-order chi connectivity index (χ0) is 17.5. The lowest BCUT2D eigenvalue weighted by atomic mass is 10.00. The molecule has 0 radical (unpaired) electrons.